The molecular formula is C32H37Cl2N3O6S. The summed E-state index contributed by atoms with van der Waals surface area (Å²) in [5, 5.41) is 3.75. The van der Waals surface area contributed by atoms with Crippen molar-refractivity contribution in [3.05, 3.63) is 82.3 Å². The van der Waals surface area contributed by atoms with Crippen molar-refractivity contribution in [3.8, 4) is 11.5 Å². The highest BCUT2D eigenvalue weighted by molar-refractivity contribution is 7.92. The van der Waals surface area contributed by atoms with E-state index < -0.39 is 28.5 Å². The Labute approximate surface area is 269 Å². The van der Waals surface area contributed by atoms with Gasteiger partial charge in [0, 0.05) is 18.7 Å². The van der Waals surface area contributed by atoms with Crippen molar-refractivity contribution in [2.45, 2.75) is 62.6 Å². The summed E-state index contributed by atoms with van der Waals surface area (Å²) in [5.41, 5.74) is 0.920. The van der Waals surface area contributed by atoms with Gasteiger partial charge in [-0.05, 0) is 61.7 Å². The minimum Gasteiger partial charge on any atom is -0.493 e. The first kappa shape index (κ1) is 33.4. The number of sulfonamides is 1. The third-order valence-corrected chi connectivity index (χ3v) is 10.2. The average Bonchev–Trinajstić information content (AvgIpc) is 3.04. The Morgan fingerprint density at radius 2 is 1.59 bits per heavy atom. The summed E-state index contributed by atoms with van der Waals surface area (Å²) in [4.78, 5) is 28.9. The monoisotopic (exact) mass is 661 g/mol. The number of nitrogens with zero attached hydrogens (tertiary/aromatic N) is 2. The zero-order valence-corrected chi connectivity index (χ0v) is 27.3. The van der Waals surface area contributed by atoms with Crippen LogP contribution in [0.3, 0.4) is 0 Å². The summed E-state index contributed by atoms with van der Waals surface area (Å²) >= 11 is 12.4. The molecule has 1 atom stereocenters. The normalized spacial score (nSPS) is 14.4. The number of anilines is 1. The number of carbonyl (C=O) groups excluding carboxylic acids is 2. The van der Waals surface area contributed by atoms with Crippen LogP contribution in [-0.2, 0) is 26.2 Å². The minimum atomic E-state index is -4.28. The number of para-hydroxylation sites is 1. The Morgan fingerprint density at radius 3 is 2.23 bits per heavy atom. The summed E-state index contributed by atoms with van der Waals surface area (Å²) in [6, 6.07) is 16.7. The molecule has 0 radical (unpaired) electrons. The highest BCUT2D eigenvalue weighted by Crippen LogP contribution is 2.32. The molecule has 9 nitrogen and oxygen atoms in total. The zero-order chi connectivity index (χ0) is 31.9. The maximum atomic E-state index is 14.2. The number of hydrogen-bond acceptors (Lipinski definition) is 6. The van der Waals surface area contributed by atoms with Crippen LogP contribution in [0.4, 0.5) is 5.69 Å². The Hall–Kier alpha value is -3.47. The Balaban J connectivity index is 1.70. The van der Waals surface area contributed by atoms with Gasteiger partial charge in [0.1, 0.15) is 12.6 Å². The predicted octanol–water partition coefficient (Wildman–Crippen LogP) is 6.07. The van der Waals surface area contributed by atoms with Crippen LogP contribution in [0, 0.1) is 0 Å². The standard InChI is InChI=1S/C32H37Cl2N3O6S/c1-22(32(39)35-24-10-6-4-7-11-24)36(20-23-14-16-27(33)28(34)18-23)31(38)21-37(25-12-8-5-9-13-25)44(40,41)26-15-17-29(42-2)30(19-26)43-3/h5,8-9,12-19,22,24H,4,6-7,10-11,20-21H2,1-3H3,(H,35,39)/t22-/m1/s1. The van der Waals surface area contributed by atoms with Crippen LogP contribution in [-0.4, -0.2) is 58.0 Å². The molecule has 0 aliphatic heterocycles. The molecule has 0 unspecified atom stereocenters. The van der Waals surface area contributed by atoms with E-state index in [-0.39, 0.29) is 34.8 Å². The Kier molecular flexibility index (Phi) is 11.4. The van der Waals surface area contributed by atoms with E-state index in [9.17, 15) is 18.0 Å². The van der Waals surface area contributed by atoms with Crippen LogP contribution in [0.5, 0.6) is 11.5 Å². The van der Waals surface area contributed by atoms with Gasteiger partial charge in [0.25, 0.3) is 10.0 Å². The second kappa shape index (κ2) is 15.0. The van der Waals surface area contributed by atoms with Crippen LogP contribution in [0.15, 0.2) is 71.6 Å². The first-order chi connectivity index (χ1) is 21.0. The molecule has 1 aliphatic carbocycles. The number of ether oxygens (including phenoxy) is 2. The van der Waals surface area contributed by atoms with E-state index in [2.05, 4.69) is 5.32 Å². The molecule has 0 bridgehead atoms. The maximum absolute atomic E-state index is 14.2. The smallest absolute Gasteiger partial charge is 0.264 e. The van der Waals surface area contributed by atoms with Gasteiger partial charge in [-0.2, -0.15) is 0 Å². The second-order valence-electron chi connectivity index (χ2n) is 10.7. The van der Waals surface area contributed by atoms with E-state index in [1.54, 1.807) is 55.5 Å². The lowest BCUT2D eigenvalue weighted by Crippen LogP contribution is -2.53. The molecule has 1 fully saturated rings. The number of carbonyl (C=O) groups is 2. The molecule has 1 aliphatic rings. The van der Waals surface area contributed by atoms with Crippen LogP contribution in [0.2, 0.25) is 10.0 Å². The predicted molar refractivity (Wildman–Crippen MR) is 172 cm³/mol. The van der Waals surface area contributed by atoms with Crippen molar-refractivity contribution in [3.63, 3.8) is 0 Å². The molecule has 0 saturated heterocycles. The van der Waals surface area contributed by atoms with Crippen LogP contribution >= 0.6 is 23.2 Å². The molecule has 44 heavy (non-hydrogen) atoms. The number of rotatable bonds is 12. The van der Waals surface area contributed by atoms with Gasteiger partial charge in [0.05, 0.1) is 34.8 Å². The van der Waals surface area contributed by atoms with Gasteiger partial charge in [0.15, 0.2) is 11.5 Å². The van der Waals surface area contributed by atoms with E-state index in [4.69, 9.17) is 32.7 Å². The van der Waals surface area contributed by atoms with Crippen molar-refractivity contribution in [1.82, 2.24) is 10.2 Å². The number of hydrogen-bond donors (Lipinski definition) is 1. The number of amides is 2. The van der Waals surface area contributed by atoms with Crippen molar-refractivity contribution in [2.75, 3.05) is 25.1 Å². The number of halogens is 2. The quantitative estimate of drug-likeness (QED) is 0.253. The second-order valence-corrected chi connectivity index (χ2v) is 13.3. The lowest BCUT2D eigenvalue weighted by Gasteiger charge is -2.33. The van der Waals surface area contributed by atoms with Gasteiger partial charge >= 0.3 is 0 Å². The van der Waals surface area contributed by atoms with E-state index in [0.29, 0.717) is 21.4 Å². The number of benzene rings is 3. The summed E-state index contributed by atoms with van der Waals surface area (Å²) in [7, 11) is -1.42. The topological polar surface area (TPSA) is 105 Å². The summed E-state index contributed by atoms with van der Waals surface area (Å²) in [6.07, 6.45) is 4.96. The lowest BCUT2D eigenvalue weighted by atomic mass is 9.95. The molecular weight excluding hydrogens is 625 g/mol. The third kappa shape index (κ3) is 7.97. The molecule has 236 valence electrons. The molecule has 12 heteroatoms. The lowest BCUT2D eigenvalue weighted by molar-refractivity contribution is -0.139. The fourth-order valence-corrected chi connectivity index (χ4v) is 6.96. The molecule has 3 aromatic rings. The highest BCUT2D eigenvalue weighted by atomic mass is 35.5. The SMILES string of the molecule is COc1ccc(S(=O)(=O)N(CC(=O)N(Cc2ccc(Cl)c(Cl)c2)[C@H](C)C(=O)NC2CCCCC2)c2ccccc2)cc1OC. The van der Waals surface area contributed by atoms with Crippen LogP contribution in [0.25, 0.3) is 0 Å². The van der Waals surface area contributed by atoms with E-state index >= 15 is 0 Å². The Bertz CT molecular complexity index is 1570. The molecule has 1 saturated carbocycles. The first-order valence-electron chi connectivity index (χ1n) is 14.4. The van der Waals surface area contributed by atoms with Crippen LogP contribution < -0.4 is 19.1 Å². The van der Waals surface area contributed by atoms with Crippen molar-refractivity contribution in [1.29, 1.82) is 0 Å². The van der Waals surface area contributed by atoms with Crippen molar-refractivity contribution >= 4 is 50.7 Å². The summed E-state index contributed by atoms with van der Waals surface area (Å²) in [6.45, 7) is 1.08. The molecule has 0 heterocycles. The highest BCUT2D eigenvalue weighted by Gasteiger charge is 2.33. The fourth-order valence-electron chi connectivity index (χ4n) is 5.21. The summed E-state index contributed by atoms with van der Waals surface area (Å²) < 4.78 is 39.9. The molecule has 0 spiro atoms. The maximum Gasteiger partial charge on any atom is 0.264 e. The molecule has 3 aromatic carbocycles. The van der Waals surface area contributed by atoms with Gasteiger partial charge in [0.2, 0.25) is 11.8 Å². The molecule has 4 rings (SSSR count). The zero-order valence-electron chi connectivity index (χ0n) is 25.0. The van der Waals surface area contributed by atoms with Crippen LogP contribution in [0.1, 0.15) is 44.6 Å². The largest absolute Gasteiger partial charge is 0.493 e. The van der Waals surface area contributed by atoms with Gasteiger partial charge in [-0.1, -0.05) is 66.7 Å². The van der Waals surface area contributed by atoms with E-state index in [0.717, 1.165) is 36.4 Å². The van der Waals surface area contributed by atoms with Gasteiger partial charge in [-0.25, -0.2) is 8.42 Å². The molecule has 0 aromatic heterocycles. The van der Waals surface area contributed by atoms with Gasteiger partial charge in [-0.3, -0.25) is 13.9 Å². The third-order valence-electron chi connectivity index (χ3n) is 7.72. The van der Waals surface area contributed by atoms with E-state index in [1.165, 1.54) is 37.3 Å². The van der Waals surface area contributed by atoms with Crippen molar-refractivity contribution < 1.29 is 27.5 Å². The van der Waals surface area contributed by atoms with Gasteiger partial charge in [-0.15, -0.1) is 0 Å². The number of methoxy groups -OCH3 is 2. The average molecular weight is 663 g/mol. The summed E-state index contributed by atoms with van der Waals surface area (Å²) in [5.74, 6) is -0.295. The molecule has 1 N–H and O–H groups in total. The molecule has 2 amide bonds. The number of nitrogens with one attached hydrogen (secondary N) is 1. The first-order valence-corrected chi connectivity index (χ1v) is 16.6. The van der Waals surface area contributed by atoms with E-state index in [1.807, 2.05) is 0 Å². The van der Waals surface area contributed by atoms with Gasteiger partial charge < -0.3 is 19.7 Å². The minimum absolute atomic E-state index is 0.00795. The Morgan fingerprint density at radius 1 is 0.909 bits per heavy atom. The van der Waals surface area contributed by atoms with Crippen molar-refractivity contribution in [2.24, 2.45) is 0 Å². The fraction of sp³-hybridized carbons (Fsp3) is 0.375.